The molecular formula is C17H21N3O2S. The van der Waals surface area contributed by atoms with Crippen molar-refractivity contribution in [1.29, 1.82) is 0 Å². The molecule has 0 spiro atoms. The fourth-order valence-electron chi connectivity index (χ4n) is 3.98. The van der Waals surface area contributed by atoms with Gasteiger partial charge in [0.25, 0.3) is 5.91 Å². The van der Waals surface area contributed by atoms with Gasteiger partial charge in [0.2, 0.25) is 0 Å². The van der Waals surface area contributed by atoms with Gasteiger partial charge in [0.1, 0.15) is 16.3 Å². The van der Waals surface area contributed by atoms with Crippen LogP contribution in [0.3, 0.4) is 0 Å². The summed E-state index contributed by atoms with van der Waals surface area (Å²) in [5.41, 5.74) is 1.16. The summed E-state index contributed by atoms with van der Waals surface area (Å²) >= 11 is 1.53. The molecule has 2 aromatic rings. The van der Waals surface area contributed by atoms with Crippen molar-refractivity contribution >= 4 is 28.6 Å². The van der Waals surface area contributed by atoms with Crippen LogP contribution in [-0.2, 0) is 0 Å². The van der Waals surface area contributed by atoms with E-state index in [1.807, 2.05) is 12.3 Å². The molecule has 23 heavy (non-hydrogen) atoms. The molecule has 0 aliphatic carbocycles. The van der Waals surface area contributed by atoms with Crippen molar-refractivity contribution in [2.75, 3.05) is 19.3 Å². The number of furan rings is 1. The van der Waals surface area contributed by atoms with Crippen LogP contribution in [0.4, 0.5) is 0 Å². The number of pyridine rings is 1. The third-order valence-electron chi connectivity index (χ3n) is 5.32. The molecule has 3 fully saturated rings. The van der Waals surface area contributed by atoms with E-state index in [4.69, 9.17) is 4.42 Å². The number of thioether (sulfide) groups is 1. The van der Waals surface area contributed by atoms with Gasteiger partial charge in [-0.25, -0.2) is 4.98 Å². The second-order valence-corrected chi connectivity index (χ2v) is 7.26. The maximum Gasteiger partial charge on any atom is 0.270 e. The zero-order valence-corrected chi connectivity index (χ0v) is 14.2. The van der Waals surface area contributed by atoms with Crippen LogP contribution in [0.15, 0.2) is 27.8 Å². The number of rotatable bonds is 3. The standard InChI is InChI=1S/C17H21N3O2S/c1-10-15(11-3-6-20(10)7-4-11)19-16(21)13-9-14-12(5-8-22-14)17(18-13)23-2/h5,8-11,15H,3-4,6-7H2,1-2H3,(H,19,21)/t10-,15+/m1/s1. The summed E-state index contributed by atoms with van der Waals surface area (Å²) in [6.45, 7) is 4.53. The average Bonchev–Trinajstić information content (AvgIpc) is 3.06. The van der Waals surface area contributed by atoms with Crippen molar-refractivity contribution in [3.05, 3.63) is 24.1 Å². The number of hydrogen-bond donors (Lipinski definition) is 1. The quantitative estimate of drug-likeness (QED) is 0.877. The number of carbonyl (C=O) groups excluding carboxylic acids is 1. The van der Waals surface area contributed by atoms with E-state index in [0.29, 0.717) is 17.7 Å². The number of fused-ring (bicyclic) bond motifs is 4. The first kappa shape index (κ1) is 15.0. The number of hydrogen-bond acceptors (Lipinski definition) is 5. The molecule has 0 saturated carbocycles. The summed E-state index contributed by atoms with van der Waals surface area (Å²) < 4.78 is 5.47. The summed E-state index contributed by atoms with van der Waals surface area (Å²) in [4.78, 5) is 19.7. The smallest absolute Gasteiger partial charge is 0.270 e. The Morgan fingerprint density at radius 1 is 1.43 bits per heavy atom. The molecular weight excluding hydrogens is 310 g/mol. The molecule has 5 heterocycles. The first-order valence-corrected chi connectivity index (χ1v) is 9.37. The van der Waals surface area contributed by atoms with E-state index < -0.39 is 0 Å². The molecule has 5 nitrogen and oxygen atoms in total. The lowest BCUT2D eigenvalue weighted by molar-refractivity contribution is 0.0216. The van der Waals surface area contributed by atoms with Gasteiger partial charge in [-0.1, -0.05) is 0 Å². The molecule has 0 unspecified atom stereocenters. The minimum Gasteiger partial charge on any atom is -0.464 e. The van der Waals surface area contributed by atoms with Crippen molar-refractivity contribution in [3.63, 3.8) is 0 Å². The van der Waals surface area contributed by atoms with Crippen molar-refractivity contribution in [1.82, 2.24) is 15.2 Å². The van der Waals surface area contributed by atoms with Crippen LogP contribution in [0.2, 0.25) is 0 Å². The summed E-state index contributed by atoms with van der Waals surface area (Å²) in [7, 11) is 0. The fraction of sp³-hybridized carbons (Fsp3) is 0.529. The molecule has 1 N–H and O–H groups in total. The Bertz CT molecular complexity index is 735. The third kappa shape index (κ3) is 2.54. The van der Waals surface area contributed by atoms with Crippen LogP contribution < -0.4 is 5.32 Å². The zero-order valence-electron chi connectivity index (χ0n) is 13.4. The highest BCUT2D eigenvalue weighted by atomic mass is 32.2. The van der Waals surface area contributed by atoms with E-state index in [9.17, 15) is 4.79 Å². The maximum atomic E-state index is 12.7. The van der Waals surface area contributed by atoms with Gasteiger partial charge >= 0.3 is 0 Å². The van der Waals surface area contributed by atoms with Gasteiger partial charge in [-0.3, -0.25) is 9.69 Å². The average molecular weight is 331 g/mol. The molecule has 6 heteroatoms. The molecule has 5 rings (SSSR count). The molecule has 3 aliphatic heterocycles. The largest absolute Gasteiger partial charge is 0.464 e. The maximum absolute atomic E-state index is 12.7. The third-order valence-corrected chi connectivity index (χ3v) is 6.01. The highest BCUT2D eigenvalue weighted by Crippen LogP contribution is 2.32. The molecule has 3 saturated heterocycles. The van der Waals surface area contributed by atoms with Crippen LogP contribution in [-0.4, -0.2) is 47.2 Å². The first-order valence-electron chi connectivity index (χ1n) is 8.14. The van der Waals surface area contributed by atoms with E-state index in [-0.39, 0.29) is 11.9 Å². The predicted octanol–water partition coefficient (Wildman–Crippen LogP) is 2.76. The Morgan fingerprint density at radius 2 is 2.22 bits per heavy atom. The van der Waals surface area contributed by atoms with E-state index >= 15 is 0 Å². The lowest BCUT2D eigenvalue weighted by Crippen LogP contribution is -2.62. The first-order chi connectivity index (χ1) is 11.2. The van der Waals surface area contributed by atoms with E-state index in [2.05, 4.69) is 22.1 Å². The van der Waals surface area contributed by atoms with Crippen LogP contribution in [0, 0.1) is 5.92 Å². The highest BCUT2D eigenvalue weighted by Gasteiger charge is 2.40. The normalized spacial score (nSPS) is 29.8. The van der Waals surface area contributed by atoms with Crippen LogP contribution in [0.5, 0.6) is 0 Å². The van der Waals surface area contributed by atoms with Crippen molar-refractivity contribution in [2.45, 2.75) is 36.9 Å². The number of amides is 1. The second-order valence-electron chi connectivity index (χ2n) is 6.46. The Hall–Kier alpha value is -1.53. The highest BCUT2D eigenvalue weighted by molar-refractivity contribution is 7.98. The molecule has 2 bridgehead atoms. The van der Waals surface area contributed by atoms with Crippen LogP contribution >= 0.6 is 11.8 Å². The van der Waals surface area contributed by atoms with Gasteiger partial charge in [0.05, 0.1) is 11.6 Å². The molecule has 0 radical (unpaired) electrons. The van der Waals surface area contributed by atoms with Gasteiger partial charge in [-0.2, -0.15) is 0 Å². The topological polar surface area (TPSA) is 58.4 Å². The summed E-state index contributed by atoms with van der Waals surface area (Å²) in [5, 5.41) is 5.03. The van der Waals surface area contributed by atoms with Gasteiger partial charge in [-0.15, -0.1) is 11.8 Å². The number of piperidine rings is 3. The fourth-order valence-corrected chi connectivity index (χ4v) is 4.56. The predicted molar refractivity (Wildman–Crippen MR) is 90.8 cm³/mol. The lowest BCUT2D eigenvalue weighted by Gasteiger charge is -2.49. The number of aromatic nitrogens is 1. The Balaban J connectivity index is 1.59. The lowest BCUT2D eigenvalue weighted by atomic mass is 9.79. The molecule has 1 amide bonds. The number of nitrogens with one attached hydrogen (secondary N) is 1. The van der Waals surface area contributed by atoms with Crippen molar-refractivity contribution in [2.24, 2.45) is 5.92 Å². The minimum absolute atomic E-state index is 0.0933. The summed E-state index contributed by atoms with van der Waals surface area (Å²) in [6.07, 6.45) is 5.96. The van der Waals surface area contributed by atoms with Gasteiger partial charge in [0.15, 0.2) is 0 Å². The van der Waals surface area contributed by atoms with Gasteiger partial charge < -0.3 is 9.73 Å². The molecule has 0 aromatic carbocycles. The Morgan fingerprint density at radius 3 is 2.91 bits per heavy atom. The minimum atomic E-state index is -0.0933. The van der Waals surface area contributed by atoms with E-state index in [0.717, 1.165) is 29.1 Å². The molecule has 2 aromatic heterocycles. The molecule has 3 aliphatic rings. The summed E-state index contributed by atoms with van der Waals surface area (Å²) in [6, 6.07) is 4.26. The van der Waals surface area contributed by atoms with Crippen LogP contribution in [0.1, 0.15) is 30.3 Å². The van der Waals surface area contributed by atoms with E-state index in [1.165, 1.54) is 24.6 Å². The molecule has 2 atom stereocenters. The Labute approximate surface area is 139 Å². The Kier molecular flexibility index (Phi) is 3.81. The zero-order chi connectivity index (χ0) is 16.0. The van der Waals surface area contributed by atoms with Gasteiger partial charge in [-0.05, 0) is 51.1 Å². The molecule has 122 valence electrons. The van der Waals surface area contributed by atoms with Gasteiger partial charge in [0, 0.05) is 18.2 Å². The van der Waals surface area contributed by atoms with Crippen molar-refractivity contribution in [3.8, 4) is 0 Å². The van der Waals surface area contributed by atoms with E-state index in [1.54, 1.807) is 12.3 Å². The monoisotopic (exact) mass is 331 g/mol. The SMILES string of the molecule is CSc1nc(C(=O)N[C@@H]2C3CCN(CC3)[C@@H]2C)cc2occc12. The summed E-state index contributed by atoms with van der Waals surface area (Å²) in [5.74, 6) is 0.496. The second kappa shape index (κ2) is 5.83. The van der Waals surface area contributed by atoms with Crippen molar-refractivity contribution < 1.29 is 9.21 Å². The number of nitrogens with zero attached hydrogens (tertiary/aromatic N) is 2. The van der Waals surface area contributed by atoms with Crippen LogP contribution in [0.25, 0.3) is 11.0 Å². The number of carbonyl (C=O) groups is 1.